The predicted molar refractivity (Wildman–Crippen MR) is 68.2 cm³/mol. The molecule has 1 aliphatic rings. The SMILES string of the molecule is CCCCCCCCS(=O)(=O)N1CCC(F)C1. The first-order chi connectivity index (χ1) is 8.06. The fourth-order valence-electron chi connectivity index (χ4n) is 2.13. The van der Waals surface area contributed by atoms with Crippen LogP contribution < -0.4 is 0 Å². The summed E-state index contributed by atoms with van der Waals surface area (Å²) in [5, 5.41) is 0. The molecule has 1 heterocycles. The molecule has 1 saturated heterocycles. The quantitative estimate of drug-likeness (QED) is 0.633. The van der Waals surface area contributed by atoms with Crippen LogP contribution in [0.1, 0.15) is 51.9 Å². The van der Waals surface area contributed by atoms with Gasteiger partial charge in [0.05, 0.1) is 5.75 Å². The van der Waals surface area contributed by atoms with Crippen molar-refractivity contribution in [2.75, 3.05) is 18.8 Å². The first-order valence-electron chi connectivity index (χ1n) is 6.68. The highest BCUT2D eigenvalue weighted by atomic mass is 32.2. The highest BCUT2D eigenvalue weighted by molar-refractivity contribution is 7.89. The second-order valence-corrected chi connectivity index (χ2v) is 6.92. The molecule has 3 nitrogen and oxygen atoms in total. The molecule has 1 aliphatic heterocycles. The van der Waals surface area contributed by atoms with Gasteiger partial charge in [0.15, 0.2) is 0 Å². The van der Waals surface area contributed by atoms with E-state index in [1.54, 1.807) is 0 Å². The summed E-state index contributed by atoms with van der Waals surface area (Å²) < 4.78 is 37.9. The Hall–Kier alpha value is -0.160. The van der Waals surface area contributed by atoms with Crippen molar-refractivity contribution in [1.82, 2.24) is 4.31 Å². The molecule has 5 heteroatoms. The van der Waals surface area contributed by atoms with Crippen LogP contribution in [-0.2, 0) is 10.0 Å². The van der Waals surface area contributed by atoms with E-state index >= 15 is 0 Å². The molecule has 0 radical (unpaired) electrons. The van der Waals surface area contributed by atoms with Crippen molar-refractivity contribution in [3.63, 3.8) is 0 Å². The minimum atomic E-state index is -3.19. The summed E-state index contributed by atoms with van der Waals surface area (Å²) in [4.78, 5) is 0. The lowest BCUT2D eigenvalue weighted by atomic mass is 10.1. The van der Waals surface area contributed by atoms with Gasteiger partial charge in [-0.15, -0.1) is 0 Å². The van der Waals surface area contributed by atoms with Gasteiger partial charge in [-0.2, -0.15) is 4.31 Å². The molecule has 0 aliphatic carbocycles. The van der Waals surface area contributed by atoms with Crippen molar-refractivity contribution in [2.24, 2.45) is 0 Å². The fraction of sp³-hybridized carbons (Fsp3) is 1.00. The summed E-state index contributed by atoms with van der Waals surface area (Å²) in [6, 6.07) is 0. The van der Waals surface area contributed by atoms with Crippen molar-refractivity contribution in [3.8, 4) is 0 Å². The third-order valence-electron chi connectivity index (χ3n) is 3.24. The van der Waals surface area contributed by atoms with Crippen LogP contribution in [0.15, 0.2) is 0 Å². The van der Waals surface area contributed by atoms with E-state index < -0.39 is 16.2 Å². The standard InChI is InChI=1S/C12H24FNO2S/c1-2-3-4-5-6-7-10-17(15,16)14-9-8-12(13)11-14/h12H,2-11H2,1H3. The van der Waals surface area contributed by atoms with Crippen LogP contribution in [0.2, 0.25) is 0 Å². The zero-order chi connectivity index (χ0) is 12.7. The van der Waals surface area contributed by atoms with Gasteiger partial charge < -0.3 is 0 Å². The lowest BCUT2D eigenvalue weighted by molar-refractivity contribution is 0.343. The summed E-state index contributed by atoms with van der Waals surface area (Å²) >= 11 is 0. The van der Waals surface area contributed by atoms with Gasteiger partial charge in [0.2, 0.25) is 10.0 Å². The lowest BCUT2D eigenvalue weighted by Gasteiger charge is -2.15. The second-order valence-electron chi connectivity index (χ2n) is 4.83. The van der Waals surface area contributed by atoms with Crippen molar-refractivity contribution in [3.05, 3.63) is 0 Å². The van der Waals surface area contributed by atoms with Gasteiger partial charge in [-0.05, 0) is 12.8 Å². The van der Waals surface area contributed by atoms with Gasteiger partial charge in [-0.25, -0.2) is 12.8 Å². The molecule has 1 atom stereocenters. The predicted octanol–water partition coefficient (Wildman–Crippen LogP) is 2.72. The van der Waals surface area contributed by atoms with Gasteiger partial charge in [-0.1, -0.05) is 39.0 Å². The average Bonchev–Trinajstić information content (AvgIpc) is 2.71. The number of unbranched alkanes of at least 4 members (excludes halogenated alkanes) is 5. The zero-order valence-electron chi connectivity index (χ0n) is 10.7. The summed E-state index contributed by atoms with van der Waals surface area (Å²) in [5.41, 5.74) is 0. The molecule has 0 bridgehead atoms. The van der Waals surface area contributed by atoms with Gasteiger partial charge >= 0.3 is 0 Å². The average molecular weight is 265 g/mol. The maximum atomic E-state index is 12.9. The fourth-order valence-corrected chi connectivity index (χ4v) is 3.73. The molecule has 1 unspecified atom stereocenters. The molecular formula is C12H24FNO2S. The minimum Gasteiger partial charge on any atom is -0.246 e. The number of hydrogen-bond donors (Lipinski definition) is 0. The number of sulfonamides is 1. The Balaban J connectivity index is 2.17. The molecule has 0 aromatic heterocycles. The number of rotatable bonds is 8. The Morgan fingerprint density at radius 3 is 2.41 bits per heavy atom. The van der Waals surface area contributed by atoms with Crippen LogP contribution in [-0.4, -0.2) is 37.7 Å². The topological polar surface area (TPSA) is 37.4 Å². The molecule has 1 rings (SSSR count). The summed E-state index contributed by atoms with van der Waals surface area (Å²) in [6.45, 7) is 2.59. The van der Waals surface area contributed by atoms with E-state index in [1.807, 2.05) is 0 Å². The highest BCUT2D eigenvalue weighted by Crippen LogP contribution is 2.17. The maximum absolute atomic E-state index is 12.9. The van der Waals surface area contributed by atoms with Crippen LogP contribution >= 0.6 is 0 Å². The lowest BCUT2D eigenvalue weighted by Crippen LogP contribution is -2.31. The van der Waals surface area contributed by atoms with Gasteiger partial charge in [0, 0.05) is 13.1 Å². The minimum absolute atomic E-state index is 0.0676. The maximum Gasteiger partial charge on any atom is 0.214 e. The van der Waals surface area contributed by atoms with E-state index in [2.05, 4.69) is 6.92 Å². The van der Waals surface area contributed by atoms with E-state index in [0.717, 1.165) is 12.8 Å². The number of halogens is 1. The molecule has 102 valence electrons. The Bertz CT molecular complexity index is 306. The summed E-state index contributed by atoms with van der Waals surface area (Å²) in [5.74, 6) is 0.186. The summed E-state index contributed by atoms with van der Waals surface area (Å²) in [6.07, 6.45) is 5.78. The van der Waals surface area contributed by atoms with Crippen molar-refractivity contribution >= 4 is 10.0 Å². The van der Waals surface area contributed by atoms with E-state index in [1.165, 1.54) is 23.6 Å². The monoisotopic (exact) mass is 265 g/mol. The molecule has 0 spiro atoms. The van der Waals surface area contributed by atoms with Gasteiger partial charge in [0.25, 0.3) is 0 Å². The van der Waals surface area contributed by atoms with Crippen LogP contribution in [0.3, 0.4) is 0 Å². The smallest absolute Gasteiger partial charge is 0.214 e. The molecule has 1 fully saturated rings. The second kappa shape index (κ2) is 7.31. The number of hydrogen-bond acceptors (Lipinski definition) is 2. The van der Waals surface area contributed by atoms with Crippen molar-refractivity contribution in [1.29, 1.82) is 0 Å². The molecule has 0 aromatic carbocycles. The molecule has 0 aromatic rings. The Kier molecular flexibility index (Phi) is 6.41. The third-order valence-corrected chi connectivity index (χ3v) is 5.17. The first kappa shape index (κ1) is 14.9. The molecule has 17 heavy (non-hydrogen) atoms. The number of nitrogens with zero attached hydrogens (tertiary/aromatic N) is 1. The molecule has 0 amide bonds. The first-order valence-corrected chi connectivity index (χ1v) is 8.29. The Morgan fingerprint density at radius 2 is 1.82 bits per heavy atom. The largest absolute Gasteiger partial charge is 0.246 e. The Morgan fingerprint density at radius 1 is 1.18 bits per heavy atom. The highest BCUT2D eigenvalue weighted by Gasteiger charge is 2.30. The van der Waals surface area contributed by atoms with E-state index in [0.29, 0.717) is 19.4 Å². The van der Waals surface area contributed by atoms with E-state index in [9.17, 15) is 12.8 Å². The van der Waals surface area contributed by atoms with Crippen LogP contribution in [0, 0.1) is 0 Å². The van der Waals surface area contributed by atoms with Gasteiger partial charge in [0.1, 0.15) is 6.17 Å². The van der Waals surface area contributed by atoms with Crippen molar-refractivity contribution in [2.45, 2.75) is 58.0 Å². The Labute approximate surface area is 104 Å². The van der Waals surface area contributed by atoms with Gasteiger partial charge in [-0.3, -0.25) is 0 Å². The third kappa shape index (κ3) is 5.34. The molecule has 0 N–H and O–H groups in total. The molecule has 0 saturated carbocycles. The normalized spacial score (nSPS) is 22.1. The van der Waals surface area contributed by atoms with E-state index in [4.69, 9.17) is 0 Å². The number of alkyl halides is 1. The summed E-state index contributed by atoms with van der Waals surface area (Å²) in [7, 11) is -3.19. The van der Waals surface area contributed by atoms with Crippen LogP contribution in [0.4, 0.5) is 4.39 Å². The van der Waals surface area contributed by atoms with E-state index in [-0.39, 0.29) is 12.3 Å². The van der Waals surface area contributed by atoms with Crippen molar-refractivity contribution < 1.29 is 12.8 Å². The van der Waals surface area contributed by atoms with Crippen LogP contribution in [0.5, 0.6) is 0 Å². The zero-order valence-corrected chi connectivity index (χ0v) is 11.5. The van der Waals surface area contributed by atoms with Crippen LogP contribution in [0.25, 0.3) is 0 Å². The molecular weight excluding hydrogens is 241 g/mol.